The van der Waals surface area contributed by atoms with E-state index in [0.717, 1.165) is 5.69 Å². The molecular formula is C13H15ClN4O2. The topological polar surface area (TPSA) is 83.0 Å². The number of aryl methyl sites for hydroxylation is 3. The van der Waals surface area contributed by atoms with Gasteiger partial charge in [-0.3, -0.25) is 9.67 Å². The summed E-state index contributed by atoms with van der Waals surface area (Å²) >= 11 is 6.08. The quantitative estimate of drug-likeness (QED) is 0.876. The van der Waals surface area contributed by atoms with Gasteiger partial charge in [0.1, 0.15) is 11.8 Å². The molecule has 2 aromatic rings. The van der Waals surface area contributed by atoms with Crippen molar-refractivity contribution in [3.8, 4) is 0 Å². The van der Waals surface area contributed by atoms with Crippen molar-refractivity contribution in [2.75, 3.05) is 5.73 Å². The Bertz CT molecular complexity index is 667. The molecule has 0 atom stereocenters. The van der Waals surface area contributed by atoms with Crippen LogP contribution in [-0.4, -0.2) is 20.7 Å². The van der Waals surface area contributed by atoms with Crippen LogP contribution in [0.4, 0.5) is 5.69 Å². The van der Waals surface area contributed by atoms with Gasteiger partial charge in [-0.15, -0.1) is 0 Å². The number of halogens is 1. The lowest BCUT2D eigenvalue weighted by Crippen LogP contribution is -2.09. The highest BCUT2D eigenvalue weighted by Crippen LogP contribution is 2.20. The summed E-state index contributed by atoms with van der Waals surface area (Å²) in [7, 11) is 1.73. The van der Waals surface area contributed by atoms with Crippen LogP contribution in [-0.2, 0) is 18.4 Å². The van der Waals surface area contributed by atoms with Crippen LogP contribution in [0, 0.1) is 13.8 Å². The molecule has 0 fully saturated rings. The van der Waals surface area contributed by atoms with Gasteiger partial charge in [-0.05, 0) is 19.9 Å². The highest BCUT2D eigenvalue weighted by molar-refractivity contribution is 6.30. The summed E-state index contributed by atoms with van der Waals surface area (Å²) in [5.74, 6) is -0.485. The monoisotopic (exact) mass is 294 g/mol. The van der Waals surface area contributed by atoms with E-state index in [1.54, 1.807) is 20.0 Å². The Morgan fingerprint density at radius 1 is 1.45 bits per heavy atom. The normalized spacial score (nSPS) is 10.6. The molecule has 2 N–H and O–H groups in total. The number of nitrogens with zero attached hydrogens (tertiary/aromatic N) is 3. The van der Waals surface area contributed by atoms with E-state index in [2.05, 4.69) is 10.1 Å². The van der Waals surface area contributed by atoms with Gasteiger partial charge in [0.25, 0.3) is 0 Å². The third-order valence-electron chi connectivity index (χ3n) is 2.95. The zero-order valence-corrected chi connectivity index (χ0v) is 12.2. The fraction of sp³-hybridized carbons (Fsp3) is 0.308. The van der Waals surface area contributed by atoms with E-state index >= 15 is 0 Å². The number of hydrogen-bond donors (Lipinski definition) is 1. The van der Waals surface area contributed by atoms with E-state index < -0.39 is 5.97 Å². The molecule has 6 nitrogen and oxygen atoms in total. The summed E-state index contributed by atoms with van der Waals surface area (Å²) in [6.45, 7) is 3.59. The molecule has 0 aliphatic rings. The largest absolute Gasteiger partial charge is 0.457 e. The Kier molecular flexibility index (Phi) is 3.94. The fourth-order valence-corrected chi connectivity index (χ4v) is 2.04. The van der Waals surface area contributed by atoms with Crippen molar-refractivity contribution < 1.29 is 9.53 Å². The molecule has 0 aromatic carbocycles. The van der Waals surface area contributed by atoms with Gasteiger partial charge < -0.3 is 10.5 Å². The van der Waals surface area contributed by atoms with Gasteiger partial charge in [0, 0.05) is 12.6 Å². The Morgan fingerprint density at radius 3 is 2.75 bits per heavy atom. The number of carbonyl (C=O) groups is 1. The van der Waals surface area contributed by atoms with Crippen LogP contribution in [0.2, 0.25) is 5.15 Å². The van der Waals surface area contributed by atoms with Crippen molar-refractivity contribution in [1.29, 1.82) is 0 Å². The Labute approximate surface area is 121 Å². The maximum atomic E-state index is 12.0. The fourth-order valence-electron chi connectivity index (χ4n) is 1.81. The van der Waals surface area contributed by atoms with Crippen molar-refractivity contribution in [3.63, 3.8) is 0 Å². The maximum absolute atomic E-state index is 12.0. The number of hydrogen-bond acceptors (Lipinski definition) is 5. The first-order valence-electron chi connectivity index (χ1n) is 5.97. The number of rotatable bonds is 3. The Morgan fingerprint density at radius 2 is 2.15 bits per heavy atom. The predicted molar refractivity (Wildman–Crippen MR) is 75.5 cm³/mol. The van der Waals surface area contributed by atoms with Crippen LogP contribution >= 0.6 is 11.6 Å². The van der Waals surface area contributed by atoms with Crippen molar-refractivity contribution in [2.24, 2.45) is 7.05 Å². The van der Waals surface area contributed by atoms with Gasteiger partial charge in [-0.25, -0.2) is 4.79 Å². The van der Waals surface area contributed by atoms with Crippen molar-refractivity contribution in [2.45, 2.75) is 20.5 Å². The third kappa shape index (κ3) is 2.75. The molecule has 0 amide bonds. The summed E-state index contributed by atoms with van der Waals surface area (Å²) in [5.41, 5.74) is 8.37. The van der Waals surface area contributed by atoms with Crippen LogP contribution in [0.15, 0.2) is 12.3 Å². The SMILES string of the molecule is Cc1ncc(N)cc1C(=O)OCc1c(C)nn(C)c1Cl. The van der Waals surface area contributed by atoms with Crippen LogP contribution in [0.25, 0.3) is 0 Å². The minimum atomic E-state index is -0.485. The summed E-state index contributed by atoms with van der Waals surface area (Å²) in [5, 5.41) is 4.61. The van der Waals surface area contributed by atoms with E-state index in [-0.39, 0.29) is 6.61 Å². The van der Waals surface area contributed by atoms with Gasteiger partial charge in [0.05, 0.1) is 28.8 Å². The highest BCUT2D eigenvalue weighted by atomic mass is 35.5. The molecule has 0 spiro atoms. The molecule has 7 heteroatoms. The molecule has 2 aromatic heterocycles. The van der Waals surface area contributed by atoms with E-state index in [1.165, 1.54) is 10.9 Å². The molecule has 106 valence electrons. The molecule has 0 saturated carbocycles. The molecule has 0 saturated heterocycles. The molecule has 2 rings (SSSR count). The second-order valence-corrected chi connectivity index (χ2v) is 4.81. The predicted octanol–water partition coefficient (Wildman–Crippen LogP) is 2.02. The Balaban J connectivity index is 2.15. The number of esters is 1. The second kappa shape index (κ2) is 5.50. The average molecular weight is 295 g/mol. The van der Waals surface area contributed by atoms with Crippen molar-refractivity contribution in [3.05, 3.63) is 39.9 Å². The summed E-state index contributed by atoms with van der Waals surface area (Å²) in [6, 6.07) is 1.54. The standard InChI is InChI=1S/C13H15ClN4O2/c1-7-10(4-9(15)5-16-7)13(19)20-6-11-8(2)17-18(3)12(11)14/h4-5H,6,15H2,1-3H3. The van der Waals surface area contributed by atoms with Gasteiger partial charge in [0.2, 0.25) is 0 Å². The smallest absolute Gasteiger partial charge is 0.340 e. The number of nitrogen functional groups attached to an aromatic ring is 1. The first-order chi connectivity index (χ1) is 9.40. The number of nitrogens with two attached hydrogens (primary N) is 1. The van der Waals surface area contributed by atoms with Crippen LogP contribution in [0.3, 0.4) is 0 Å². The van der Waals surface area contributed by atoms with E-state index in [9.17, 15) is 4.79 Å². The van der Waals surface area contributed by atoms with E-state index in [1.807, 2.05) is 6.92 Å². The van der Waals surface area contributed by atoms with E-state index in [4.69, 9.17) is 22.1 Å². The minimum Gasteiger partial charge on any atom is -0.457 e. The second-order valence-electron chi connectivity index (χ2n) is 4.46. The summed E-state index contributed by atoms with van der Waals surface area (Å²) < 4.78 is 6.79. The zero-order valence-electron chi connectivity index (χ0n) is 11.5. The summed E-state index contributed by atoms with van der Waals surface area (Å²) in [4.78, 5) is 16.1. The Hall–Kier alpha value is -2.08. The lowest BCUT2D eigenvalue weighted by Gasteiger charge is -2.07. The van der Waals surface area contributed by atoms with Gasteiger partial charge >= 0.3 is 5.97 Å². The maximum Gasteiger partial charge on any atom is 0.340 e. The molecule has 0 bridgehead atoms. The molecule has 20 heavy (non-hydrogen) atoms. The molecule has 0 unspecified atom stereocenters. The lowest BCUT2D eigenvalue weighted by molar-refractivity contribution is 0.0471. The molecular weight excluding hydrogens is 280 g/mol. The van der Waals surface area contributed by atoms with Gasteiger partial charge in [-0.1, -0.05) is 11.6 Å². The molecule has 0 aliphatic heterocycles. The number of pyridine rings is 1. The third-order valence-corrected chi connectivity index (χ3v) is 3.42. The number of aromatic nitrogens is 3. The first kappa shape index (κ1) is 14.3. The molecule has 0 aliphatic carbocycles. The van der Waals surface area contributed by atoms with E-state index in [0.29, 0.717) is 27.7 Å². The van der Waals surface area contributed by atoms with Crippen molar-refractivity contribution >= 4 is 23.3 Å². The van der Waals surface area contributed by atoms with Gasteiger partial charge in [0.15, 0.2) is 0 Å². The van der Waals surface area contributed by atoms with Crippen LogP contribution in [0.5, 0.6) is 0 Å². The number of ether oxygens (including phenoxy) is 1. The van der Waals surface area contributed by atoms with Crippen molar-refractivity contribution in [1.82, 2.24) is 14.8 Å². The molecule has 2 heterocycles. The number of anilines is 1. The molecule has 0 radical (unpaired) electrons. The van der Waals surface area contributed by atoms with Crippen LogP contribution < -0.4 is 5.73 Å². The average Bonchev–Trinajstić information content (AvgIpc) is 2.64. The summed E-state index contributed by atoms with van der Waals surface area (Å²) in [6.07, 6.45) is 1.49. The lowest BCUT2D eigenvalue weighted by atomic mass is 10.2. The van der Waals surface area contributed by atoms with Gasteiger partial charge in [-0.2, -0.15) is 5.10 Å². The zero-order chi connectivity index (χ0) is 14.9. The minimum absolute atomic E-state index is 0.0611. The first-order valence-corrected chi connectivity index (χ1v) is 6.35. The highest BCUT2D eigenvalue weighted by Gasteiger charge is 2.16. The van der Waals surface area contributed by atoms with Crippen LogP contribution in [0.1, 0.15) is 27.3 Å². The number of carbonyl (C=O) groups excluding carboxylic acids is 1.